The molecule has 1 aliphatic rings. The number of nitrogens with one attached hydrogen (secondary N) is 2. The Morgan fingerprint density at radius 2 is 2.07 bits per heavy atom. The highest BCUT2D eigenvalue weighted by Crippen LogP contribution is 2.32. The molecule has 0 aliphatic carbocycles. The second-order valence-electron chi connectivity index (χ2n) is 6.77. The molecule has 5 nitrogen and oxygen atoms in total. The van der Waals surface area contributed by atoms with E-state index in [1.165, 1.54) is 0 Å². The summed E-state index contributed by atoms with van der Waals surface area (Å²) in [5.74, 6) is 0.625. The number of halogens is 1. The van der Waals surface area contributed by atoms with Crippen molar-refractivity contribution in [1.82, 2.24) is 5.32 Å². The van der Waals surface area contributed by atoms with E-state index in [2.05, 4.69) is 24.5 Å². The third-order valence-corrected chi connectivity index (χ3v) is 4.32. The van der Waals surface area contributed by atoms with E-state index in [-0.39, 0.29) is 17.6 Å². The molecule has 2 N–H and O–H groups in total. The van der Waals surface area contributed by atoms with Crippen LogP contribution in [0.2, 0.25) is 5.02 Å². The van der Waals surface area contributed by atoms with Crippen LogP contribution < -0.4 is 15.4 Å². The summed E-state index contributed by atoms with van der Waals surface area (Å²) in [5.41, 5.74) is 1.71. The molecule has 0 unspecified atom stereocenters. The van der Waals surface area contributed by atoms with Crippen LogP contribution in [0.3, 0.4) is 0 Å². The predicted molar refractivity (Wildman–Crippen MR) is 107 cm³/mol. The van der Waals surface area contributed by atoms with Crippen molar-refractivity contribution in [2.75, 3.05) is 11.9 Å². The fourth-order valence-electron chi connectivity index (χ4n) is 2.63. The van der Waals surface area contributed by atoms with Crippen molar-refractivity contribution in [3.8, 4) is 5.75 Å². The fourth-order valence-corrected chi connectivity index (χ4v) is 2.82. The van der Waals surface area contributed by atoms with Gasteiger partial charge < -0.3 is 15.4 Å². The summed E-state index contributed by atoms with van der Waals surface area (Å²) in [7, 11) is 0. The molecule has 6 heteroatoms. The maximum absolute atomic E-state index is 12.3. The number of ether oxygens (including phenoxy) is 1. The molecule has 2 aromatic carbocycles. The second kappa shape index (κ2) is 8.27. The molecule has 0 fully saturated rings. The van der Waals surface area contributed by atoms with Gasteiger partial charge in [-0.1, -0.05) is 37.6 Å². The molecule has 0 spiro atoms. The van der Waals surface area contributed by atoms with Crippen molar-refractivity contribution in [2.45, 2.75) is 20.3 Å². The number of anilines is 1. The van der Waals surface area contributed by atoms with Gasteiger partial charge in [0.05, 0.1) is 5.69 Å². The molecule has 0 radical (unpaired) electrons. The lowest BCUT2D eigenvalue weighted by Gasteiger charge is -2.20. The van der Waals surface area contributed by atoms with Crippen molar-refractivity contribution < 1.29 is 14.3 Å². The van der Waals surface area contributed by atoms with Gasteiger partial charge in [-0.05, 0) is 54.3 Å². The van der Waals surface area contributed by atoms with Crippen molar-refractivity contribution in [3.63, 3.8) is 0 Å². The van der Waals surface area contributed by atoms with Crippen LogP contribution in [0.5, 0.6) is 5.75 Å². The molecule has 27 heavy (non-hydrogen) atoms. The summed E-state index contributed by atoms with van der Waals surface area (Å²) >= 11 is 5.97. The molecule has 1 aliphatic heterocycles. The highest BCUT2D eigenvalue weighted by molar-refractivity contribution is 6.30. The van der Waals surface area contributed by atoms with Crippen LogP contribution in [0.1, 0.15) is 36.2 Å². The van der Waals surface area contributed by atoms with Crippen LogP contribution in [0, 0.1) is 5.92 Å². The van der Waals surface area contributed by atoms with E-state index in [0.717, 1.165) is 12.0 Å². The average molecular weight is 385 g/mol. The first-order valence-electron chi connectivity index (χ1n) is 8.81. The smallest absolute Gasteiger partial charge is 0.291 e. The van der Waals surface area contributed by atoms with E-state index in [1.54, 1.807) is 42.5 Å². The monoisotopic (exact) mass is 384 g/mol. The van der Waals surface area contributed by atoms with Gasteiger partial charge in [0.15, 0.2) is 11.5 Å². The Morgan fingerprint density at radius 1 is 1.26 bits per heavy atom. The Bertz CT molecular complexity index is 906. The first-order chi connectivity index (χ1) is 12.9. The SMILES string of the molecule is CC(C)CCNC(=O)c1ccc2c(c1)NC(=O)/C(=C/c1cccc(Cl)c1)O2. The van der Waals surface area contributed by atoms with E-state index in [1.807, 2.05) is 6.07 Å². The van der Waals surface area contributed by atoms with Gasteiger partial charge in [0.2, 0.25) is 0 Å². The number of fused-ring (bicyclic) bond motifs is 1. The minimum Gasteiger partial charge on any atom is -0.449 e. The molecule has 0 saturated heterocycles. The van der Waals surface area contributed by atoms with Crippen LogP contribution in [-0.2, 0) is 4.79 Å². The number of hydrogen-bond donors (Lipinski definition) is 2. The Labute approximate surface area is 163 Å². The van der Waals surface area contributed by atoms with Gasteiger partial charge in [-0.2, -0.15) is 0 Å². The average Bonchev–Trinajstić information content (AvgIpc) is 2.61. The van der Waals surface area contributed by atoms with Gasteiger partial charge in [0, 0.05) is 17.1 Å². The van der Waals surface area contributed by atoms with Crippen LogP contribution >= 0.6 is 11.6 Å². The van der Waals surface area contributed by atoms with E-state index in [4.69, 9.17) is 16.3 Å². The summed E-state index contributed by atoms with van der Waals surface area (Å²) < 4.78 is 5.71. The van der Waals surface area contributed by atoms with Crippen LogP contribution in [0.15, 0.2) is 48.2 Å². The quantitative estimate of drug-likeness (QED) is 0.746. The number of amides is 2. The molecular formula is C21H21ClN2O3. The zero-order valence-corrected chi connectivity index (χ0v) is 16.0. The maximum Gasteiger partial charge on any atom is 0.291 e. The van der Waals surface area contributed by atoms with Crippen LogP contribution in [0.25, 0.3) is 6.08 Å². The van der Waals surface area contributed by atoms with E-state index >= 15 is 0 Å². The van der Waals surface area contributed by atoms with E-state index in [9.17, 15) is 9.59 Å². The largest absolute Gasteiger partial charge is 0.449 e. The molecule has 3 rings (SSSR count). The lowest BCUT2D eigenvalue weighted by molar-refractivity contribution is -0.115. The van der Waals surface area contributed by atoms with E-state index in [0.29, 0.717) is 34.5 Å². The van der Waals surface area contributed by atoms with Crippen molar-refractivity contribution >= 4 is 35.2 Å². The molecule has 0 bridgehead atoms. The van der Waals surface area contributed by atoms with E-state index < -0.39 is 0 Å². The molecule has 2 aromatic rings. The van der Waals surface area contributed by atoms with Gasteiger partial charge >= 0.3 is 0 Å². The van der Waals surface area contributed by atoms with Crippen molar-refractivity contribution in [2.24, 2.45) is 5.92 Å². The highest BCUT2D eigenvalue weighted by Gasteiger charge is 2.23. The zero-order chi connectivity index (χ0) is 19.4. The summed E-state index contributed by atoms with van der Waals surface area (Å²) in [4.78, 5) is 24.6. The number of carbonyl (C=O) groups is 2. The summed E-state index contributed by atoms with van der Waals surface area (Å²) in [6, 6.07) is 12.1. The minimum atomic E-state index is -0.375. The van der Waals surface area contributed by atoms with Gasteiger partial charge in [-0.15, -0.1) is 0 Å². The topological polar surface area (TPSA) is 67.4 Å². The van der Waals surface area contributed by atoms with Gasteiger partial charge in [0.1, 0.15) is 0 Å². The van der Waals surface area contributed by atoms with Gasteiger partial charge in [0.25, 0.3) is 11.8 Å². The lowest BCUT2D eigenvalue weighted by atomic mass is 10.1. The second-order valence-corrected chi connectivity index (χ2v) is 7.21. The van der Waals surface area contributed by atoms with Gasteiger partial charge in [-0.3, -0.25) is 9.59 Å². The van der Waals surface area contributed by atoms with Crippen LogP contribution in [-0.4, -0.2) is 18.4 Å². The Kier molecular flexibility index (Phi) is 5.81. The van der Waals surface area contributed by atoms with Crippen molar-refractivity contribution in [3.05, 3.63) is 64.4 Å². The highest BCUT2D eigenvalue weighted by atomic mass is 35.5. The normalized spacial score (nSPS) is 14.5. The minimum absolute atomic E-state index is 0.166. The Balaban J connectivity index is 1.75. The number of benzene rings is 2. The number of carbonyl (C=O) groups excluding carboxylic acids is 2. The molecule has 0 atom stereocenters. The fraction of sp³-hybridized carbons (Fsp3) is 0.238. The number of rotatable bonds is 5. The molecule has 140 valence electrons. The molecule has 2 amide bonds. The third kappa shape index (κ3) is 4.89. The Morgan fingerprint density at radius 3 is 2.81 bits per heavy atom. The lowest BCUT2D eigenvalue weighted by Crippen LogP contribution is -2.27. The molecule has 0 saturated carbocycles. The first-order valence-corrected chi connectivity index (χ1v) is 9.19. The summed E-state index contributed by atoms with van der Waals surface area (Å²) in [6.45, 7) is 4.82. The third-order valence-electron chi connectivity index (χ3n) is 4.09. The Hall–Kier alpha value is -2.79. The van der Waals surface area contributed by atoms with Crippen LogP contribution in [0.4, 0.5) is 5.69 Å². The van der Waals surface area contributed by atoms with Crippen molar-refractivity contribution in [1.29, 1.82) is 0 Å². The first kappa shape index (κ1) is 19.0. The molecule has 1 heterocycles. The summed E-state index contributed by atoms with van der Waals surface area (Å²) in [5, 5.41) is 6.23. The molecule has 0 aromatic heterocycles. The standard InChI is InChI=1S/C21H21ClN2O3/c1-13(2)8-9-23-20(25)15-6-7-18-17(12-15)24-21(26)19(27-18)11-14-4-3-5-16(22)10-14/h3-7,10-13H,8-9H2,1-2H3,(H,23,25)(H,24,26)/b19-11-. The predicted octanol–water partition coefficient (Wildman–Crippen LogP) is 4.49. The summed E-state index contributed by atoms with van der Waals surface area (Å²) in [6.07, 6.45) is 2.53. The zero-order valence-electron chi connectivity index (χ0n) is 15.2. The number of hydrogen-bond acceptors (Lipinski definition) is 3. The maximum atomic E-state index is 12.3. The molecular weight excluding hydrogens is 364 g/mol. The van der Waals surface area contributed by atoms with Gasteiger partial charge in [-0.25, -0.2) is 0 Å².